The molecule has 3 heteroatoms. The van der Waals surface area contributed by atoms with Crippen molar-refractivity contribution >= 4 is 11.8 Å². The molecule has 2 atom stereocenters. The molecular formula is C10H22N2S. The summed E-state index contributed by atoms with van der Waals surface area (Å²) >= 11 is 2.12. The summed E-state index contributed by atoms with van der Waals surface area (Å²) in [7, 11) is 0. The van der Waals surface area contributed by atoms with Crippen LogP contribution in [0.15, 0.2) is 0 Å². The van der Waals surface area contributed by atoms with Gasteiger partial charge in [-0.3, -0.25) is 4.90 Å². The number of nitrogens with one attached hydrogen (secondary N) is 1. The highest BCUT2D eigenvalue weighted by molar-refractivity contribution is 8.00. The van der Waals surface area contributed by atoms with E-state index in [0.717, 1.165) is 23.6 Å². The topological polar surface area (TPSA) is 15.3 Å². The van der Waals surface area contributed by atoms with Gasteiger partial charge in [0.25, 0.3) is 0 Å². The zero-order valence-corrected chi connectivity index (χ0v) is 9.86. The summed E-state index contributed by atoms with van der Waals surface area (Å²) in [5.74, 6) is 0. The van der Waals surface area contributed by atoms with Crippen LogP contribution in [0.4, 0.5) is 0 Å². The first kappa shape index (κ1) is 11.3. The SMILES string of the molecule is CCNCCN1CC(C)SC(C)C1. The molecule has 0 aromatic rings. The van der Waals surface area contributed by atoms with E-state index in [9.17, 15) is 0 Å². The van der Waals surface area contributed by atoms with Gasteiger partial charge in [-0.2, -0.15) is 11.8 Å². The lowest BCUT2D eigenvalue weighted by Crippen LogP contribution is -2.43. The maximum atomic E-state index is 3.38. The van der Waals surface area contributed by atoms with Crippen molar-refractivity contribution < 1.29 is 0 Å². The Kier molecular flexibility index (Phi) is 5.14. The van der Waals surface area contributed by atoms with Crippen LogP contribution in [0.5, 0.6) is 0 Å². The Morgan fingerprint density at radius 1 is 1.31 bits per heavy atom. The van der Waals surface area contributed by atoms with Gasteiger partial charge in [0, 0.05) is 36.7 Å². The Morgan fingerprint density at radius 2 is 1.92 bits per heavy atom. The van der Waals surface area contributed by atoms with Crippen LogP contribution in [0.2, 0.25) is 0 Å². The first-order valence-electron chi connectivity index (χ1n) is 5.31. The molecule has 1 N–H and O–H groups in total. The normalized spacial score (nSPS) is 30.7. The van der Waals surface area contributed by atoms with Crippen LogP contribution in [-0.4, -0.2) is 48.1 Å². The molecule has 0 aliphatic carbocycles. The molecule has 13 heavy (non-hydrogen) atoms. The molecule has 1 aliphatic rings. The molecule has 1 rings (SSSR count). The summed E-state index contributed by atoms with van der Waals surface area (Å²) < 4.78 is 0. The molecule has 2 unspecified atom stereocenters. The second-order valence-electron chi connectivity index (χ2n) is 3.87. The summed E-state index contributed by atoms with van der Waals surface area (Å²) in [6.07, 6.45) is 0. The molecule has 2 nitrogen and oxygen atoms in total. The number of hydrogen-bond acceptors (Lipinski definition) is 3. The molecule has 1 fully saturated rings. The lowest BCUT2D eigenvalue weighted by molar-refractivity contribution is 0.271. The molecule has 78 valence electrons. The van der Waals surface area contributed by atoms with Crippen molar-refractivity contribution in [2.45, 2.75) is 31.3 Å². The highest BCUT2D eigenvalue weighted by Crippen LogP contribution is 2.23. The number of rotatable bonds is 4. The highest BCUT2D eigenvalue weighted by Gasteiger charge is 2.21. The minimum absolute atomic E-state index is 0.811. The Morgan fingerprint density at radius 3 is 2.46 bits per heavy atom. The second kappa shape index (κ2) is 5.89. The monoisotopic (exact) mass is 202 g/mol. The maximum Gasteiger partial charge on any atom is 0.0149 e. The largest absolute Gasteiger partial charge is 0.316 e. The van der Waals surface area contributed by atoms with Crippen molar-refractivity contribution in [3.05, 3.63) is 0 Å². The first-order chi connectivity index (χ1) is 6.22. The molecule has 0 radical (unpaired) electrons. The van der Waals surface area contributed by atoms with Gasteiger partial charge in [-0.25, -0.2) is 0 Å². The maximum absolute atomic E-state index is 3.38. The van der Waals surface area contributed by atoms with E-state index in [2.05, 4.69) is 42.7 Å². The fourth-order valence-electron chi connectivity index (χ4n) is 1.88. The minimum Gasteiger partial charge on any atom is -0.316 e. The summed E-state index contributed by atoms with van der Waals surface area (Å²) in [6.45, 7) is 12.8. The summed E-state index contributed by atoms with van der Waals surface area (Å²) in [5.41, 5.74) is 0. The smallest absolute Gasteiger partial charge is 0.0149 e. The molecule has 0 aromatic heterocycles. The van der Waals surface area contributed by atoms with Crippen LogP contribution in [-0.2, 0) is 0 Å². The van der Waals surface area contributed by atoms with Crippen molar-refractivity contribution in [3.63, 3.8) is 0 Å². The van der Waals surface area contributed by atoms with Gasteiger partial charge in [0.1, 0.15) is 0 Å². The Balaban J connectivity index is 2.17. The van der Waals surface area contributed by atoms with Gasteiger partial charge in [0.05, 0.1) is 0 Å². The van der Waals surface area contributed by atoms with Gasteiger partial charge >= 0.3 is 0 Å². The average Bonchev–Trinajstić information content (AvgIpc) is 2.03. The highest BCUT2D eigenvalue weighted by atomic mass is 32.2. The Labute approximate surface area is 86.5 Å². The molecular weight excluding hydrogens is 180 g/mol. The second-order valence-corrected chi connectivity index (χ2v) is 5.75. The minimum atomic E-state index is 0.811. The van der Waals surface area contributed by atoms with Crippen LogP contribution < -0.4 is 5.32 Å². The molecule has 0 bridgehead atoms. The molecule has 1 heterocycles. The van der Waals surface area contributed by atoms with Gasteiger partial charge in [0.15, 0.2) is 0 Å². The Hall–Kier alpha value is 0.270. The van der Waals surface area contributed by atoms with Crippen LogP contribution in [0.1, 0.15) is 20.8 Å². The van der Waals surface area contributed by atoms with Crippen LogP contribution in [0.25, 0.3) is 0 Å². The van der Waals surface area contributed by atoms with E-state index in [0.29, 0.717) is 0 Å². The number of likely N-dealkylation sites (N-methyl/N-ethyl adjacent to an activating group) is 1. The van der Waals surface area contributed by atoms with Crippen molar-refractivity contribution in [3.8, 4) is 0 Å². The van der Waals surface area contributed by atoms with E-state index in [-0.39, 0.29) is 0 Å². The lowest BCUT2D eigenvalue weighted by Gasteiger charge is -2.34. The van der Waals surface area contributed by atoms with E-state index in [4.69, 9.17) is 0 Å². The van der Waals surface area contributed by atoms with Gasteiger partial charge in [-0.05, 0) is 6.54 Å². The number of hydrogen-bond donors (Lipinski definition) is 1. The van der Waals surface area contributed by atoms with E-state index in [1.807, 2.05) is 0 Å². The fraction of sp³-hybridized carbons (Fsp3) is 1.00. The third-order valence-electron chi connectivity index (χ3n) is 2.35. The summed E-state index contributed by atoms with van der Waals surface area (Å²) in [5, 5.41) is 5.00. The number of nitrogens with zero attached hydrogens (tertiary/aromatic N) is 1. The van der Waals surface area contributed by atoms with E-state index in [1.54, 1.807) is 0 Å². The van der Waals surface area contributed by atoms with Gasteiger partial charge in [0.2, 0.25) is 0 Å². The molecule has 0 amide bonds. The van der Waals surface area contributed by atoms with Gasteiger partial charge in [-0.15, -0.1) is 0 Å². The standard InChI is InChI=1S/C10H22N2S/c1-4-11-5-6-12-7-9(2)13-10(3)8-12/h9-11H,4-8H2,1-3H3. The lowest BCUT2D eigenvalue weighted by atomic mass is 10.3. The third-order valence-corrected chi connectivity index (χ3v) is 3.58. The molecule has 0 saturated carbocycles. The van der Waals surface area contributed by atoms with Crippen molar-refractivity contribution in [2.24, 2.45) is 0 Å². The quantitative estimate of drug-likeness (QED) is 0.694. The molecule has 0 spiro atoms. The van der Waals surface area contributed by atoms with Gasteiger partial charge < -0.3 is 5.32 Å². The average molecular weight is 202 g/mol. The first-order valence-corrected chi connectivity index (χ1v) is 6.25. The summed E-state index contributed by atoms with van der Waals surface area (Å²) in [6, 6.07) is 0. The zero-order chi connectivity index (χ0) is 9.68. The third kappa shape index (κ3) is 4.34. The van der Waals surface area contributed by atoms with Gasteiger partial charge in [-0.1, -0.05) is 20.8 Å². The predicted octanol–water partition coefficient (Wildman–Crippen LogP) is 1.42. The van der Waals surface area contributed by atoms with E-state index in [1.165, 1.54) is 19.6 Å². The van der Waals surface area contributed by atoms with Crippen LogP contribution >= 0.6 is 11.8 Å². The van der Waals surface area contributed by atoms with E-state index >= 15 is 0 Å². The summed E-state index contributed by atoms with van der Waals surface area (Å²) in [4.78, 5) is 2.58. The van der Waals surface area contributed by atoms with E-state index < -0.39 is 0 Å². The molecule has 1 saturated heterocycles. The fourth-order valence-corrected chi connectivity index (χ4v) is 3.27. The Bertz CT molecular complexity index is 131. The molecule has 0 aromatic carbocycles. The predicted molar refractivity (Wildman–Crippen MR) is 61.5 cm³/mol. The van der Waals surface area contributed by atoms with Crippen molar-refractivity contribution in [1.29, 1.82) is 0 Å². The van der Waals surface area contributed by atoms with Crippen LogP contribution in [0, 0.1) is 0 Å². The van der Waals surface area contributed by atoms with Crippen molar-refractivity contribution in [2.75, 3.05) is 32.7 Å². The molecule has 1 aliphatic heterocycles. The van der Waals surface area contributed by atoms with Crippen LogP contribution in [0.3, 0.4) is 0 Å². The van der Waals surface area contributed by atoms with Crippen molar-refractivity contribution in [1.82, 2.24) is 10.2 Å². The number of thioether (sulfide) groups is 1. The zero-order valence-electron chi connectivity index (χ0n) is 9.05.